The van der Waals surface area contributed by atoms with Crippen LogP contribution >= 0.6 is 0 Å². The van der Waals surface area contributed by atoms with Gasteiger partial charge < -0.3 is 10.0 Å². The summed E-state index contributed by atoms with van der Waals surface area (Å²) in [5, 5.41) is 11.5. The average Bonchev–Trinajstić information content (AvgIpc) is 2.53. The molecule has 0 aliphatic heterocycles. The third kappa shape index (κ3) is 3.27. The Morgan fingerprint density at radius 1 is 1.05 bits per heavy atom. The summed E-state index contributed by atoms with van der Waals surface area (Å²) >= 11 is 0. The van der Waals surface area contributed by atoms with Crippen LogP contribution in [0.3, 0.4) is 0 Å². The lowest BCUT2D eigenvalue weighted by Gasteiger charge is -2.22. The highest BCUT2D eigenvalue weighted by Crippen LogP contribution is 2.28. The zero-order valence-electron chi connectivity index (χ0n) is 13.0. The summed E-state index contributed by atoms with van der Waals surface area (Å²) in [5.41, 5.74) is 0.700. The average molecular weight is 299 g/mol. The largest absolute Gasteiger partial charge is 0.481 e. The Hall–Kier alpha value is -2.36. The van der Waals surface area contributed by atoms with E-state index in [1.807, 2.05) is 50.2 Å². The van der Waals surface area contributed by atoms with E-state index in [-0.39, 0.29) is 12.3 Å². The van der Waals surface area contributed by atoms with E-state index in [0.717, 1.165) is 10.8 Å². The number of amides is 1. The number of fused-ring (bicyclic) bond motifs is 1. The maximum absolute atomic E-state index is 12.3. The van der Waals surface area contributed by atoms with Crippen LogP contribution in [-0.2, 0) is 9.59 Å². The van der Waals surface area contributed by atoms with Crippen molar-refractivity contribution in [3.8, 4) is 0 Å². The minimum Gasteiger partial charge on any atom is -0.481 e. The van der Waals surface area contributed by atoms with Crippen LogP contribution in [0, 0.1) is 0 Å². The normalized spacial score (nSPS) is 12.1. The molecule has 0 spiro atoms. The van der Waals surface area contributed by atoms with Gasteiger partial charge >= 0.3 is 5.97 Å². The molecule has 1 amide bonds. The second-order valence-electron chi connectivity index (χ2n) is 5.23. The molecule has 0 fully saturated rings. The molecule has 0 aromatic heterocycles. The molecule has 4 heteroatoms. The van der Waals surface area contributed by atoms with E-state index in [2.05, 4.69) is 0 Å². The molecular formula is C18H21NO3. The fourth-order valence-corrected chi connectivity index (χ4v) is 2.76. The number of rotatable bonds is 6. The summed E-state index contributed by atoms with van der Waals surface area (Å²) in [7, 11) is 0. The van der Waals surface area contributed by atoms with Crippen molar-refractivity contribution in [2.24, 2.45) is 0 Å². The molecule has 0 saturated carbocycles. The molecule has 22 heavy (non-hydrogen) atoms. The third-order valence-corrected chi connectivity index (χ3v) is 3.99. The number of carboxylic acids is 1. The predicted molar refractivity (Wildman–Crippen MR) is 86.9 cm³/mol. The highest BCUT2D eigenvalue weighted by molar-refractivity contribution is 5.93. The molecule has 1 N–H and O–H groups in total. The SMILES string of the molecule is CCN(CC)C(=O)CC(C(=O)O)c1cccc2ccccc12. The van der Waals surface area contributed by atoms with Crippen molar-refractivity contribution in [2.75, 3.05) is 13.1 Å². The summed E-state index contributed by atoms with van der Waals surface area (Å²) in [6.45, 7) is 4.98. The van der Waals surface area contributed by atoms with Gasteiger partial charge in [-0.25, -0.2) is 0 Å². The first kappa shape index (κ1) is 16.0. The minimum atomic E-state index is -0.961. The number of aliphatic carboxylic acids is 1. The lowest BCUT2D eigenvalue weighted by Crippen LogP contribution is -2.32. The topological polar surface area (TPSA) is 57.6 Å². The van der Waals surface area contributed by atoms with Crippen LogP contribution < -0.4 is 0 Å². The molecule has 2 aromatic carbocycles. The Morgan fingerprint density at radius 3 is 2.32 bits per heavy atom. The Kier molecular flexibility index (Phi) is 5.15. The van der Waals surface area contributed by atoms with E-state index in [4.69, 9.17) is 0 Å². The van der Waals surface area contributed by atoms with Gasteiger partial charge in [0.25, 0.3) is 0 Å². The molecule has 0 aliphatic carbocycles. The van der Waals surface area contributed by atoms with Crippen LogP contribution in [0.15, 0.2) is 42.5 Å². The second kappa shape index (κ2) is 7.07. The minimum absolute atomic E-state index is 0.00891. The van der Waals surface area contributed by atoms with Gasteiger partial charge in [-0.1, -0.05) is 42.5 Å². The maximum atomic E-state index is 12.3. The predicted octanol–water partition coefficient (Wildman–Crippen LogP) is 3.27. The number of hydrogen-bond acceptors (Lipinski definition) is 2. The van der Waals surface area contributed by atoms with Gasteiger partial charge in [-0.3, -0.25) is 9.59 Å². The number of benzene rings is 2. The lowest BCUT2D eigenvalue weighted by atomic mass is 9.90. The van der Waals surface area contributed by atoms with Crippen LogP contribution in [-0.4, -0.2) is 35.0 Å². The standard InChI is InChI=1S/C18H21NO3/c1-3-19(4-2)17(20)12-16(18(21)22)15-11-7-9-13-8-5-6-10-14(13)15/h5-11,16H,3-4,12H2,1-2H3,(H,21,22). The molecule has 0 bridgehead atoms. The van der Waals surface area contributed by atoms with E-state index in [9.17, 15) is 14.7 Å². The number of hydrogen-bond donors (Lipinski definition) is 1. The summed E-state index contributed by atoms with van der Waals surface area (Å²) in [4.78, 5) is 25.7. The number of carboxylic acid groups (broad SMARTS) is 1. The first-order valence-corrected chi connectivity index (χ1v) is 7.56. The Balaban J connectivity index is 2.39. The van der Waals surface area contributed by atoms with Crippen molar-refractivity contribution >= 4 is 22.6 Å². The molecular weight excluding hydrogens is 278 g/mol. The Bertz CT molecular complexity index is 672. The van der Waals surface area contributed by atoms with E-state index in [1.54, 1.807) is 11.0 Å². The van der Waals surface area contributed by atoms with E-state index >= 15 is 0 Å². The van der Waals surface area contributed by atoms with Crippen molar-refractivity contribution in [2.45, 2.75) is 26.2 Å². The van der Waals surface area contributed by atoms with Gasteiger partial charge in [-0.05, 0) is 30.2 Å². The molecule has 0 heterocycles. The van der Waals surface area contributed by atoms with E-state index in [1.165, 1.54) is 0 Å². The number of carbonyl (C=O) groups excluding carboxylic acids is 1. The van der Waals surface area contributed by atoms with Crippen LogP contribution in [0.5, 0.6) is 0 Å². The van der Waals surface area contributed by atoms with E-state index in [0.29, 0.717) is 18.7 Å². The number of carbonyl (C=O) groups is 2. The summed E-state index contributed by atoms with van der Waals surface area (Å²) in [6, 6.07) is 13.3. The second-order valence-corrected chi connectivity index (χ2v) is 5.23. The first-order chi connectivity index (χ1) is 10.6. The van der Waals surface area contributed by atoms with Gasteiger partial charge in [0.05, 0.1) is 5.92 Å². The summed E-state index contributed by atoms with van der Waals surface area (Å²) in [6.07, 6.45) is -0.00891. The van der Waals surface area contributed by atoms with E-state index < -0.39 is 11.9 Å². The van der Waals surface area contributed by atoms with Crippen LogP contribution in [0.25, 0.3) is 10.8 Å². The summed E-state index contributed by atoms with van der Waals surface area (Å²) in [5.74, 6) is -1.90. The highest BCUT2D eigenvalue weighted by atomic mass is 16.4. The smallest absolute Gasteiger partial charge is 0.311 e. The molecule has 2 aromatic rings. The molecule has 0 saturated heterocycles. The van der Waals surface area contributed by atoms with Crippen molar-refractivity contribution in [3.63, 3.8) is 0 Å². The van der Waals surface area contributed by atoms with Crippen molar-refractivity contribution in [1.29, 1.82) is 0 Å². The van der Waals surface area contributed by atoms with Crippen LogP contribution in [0.2, 0.25) is 0 Å². The van der Waals surface area contributed by atoms with Crippen LogP contribution in [0.1, 0.15) is 31.7 Å². The van der Waals surface area contributed by atoms with Crippen molar-refractivity contribution < 1.29 is 14.7 Å². The fraction of sp³-hybridized carbons (Fsp3) is 0.333. The zero-order valence-corrected chi connectivity index (χ0v) is 13.0. The monoisotopic (exact) mass is 299 g/mol. The molecule has 2 rings (SSSR count). The zero-order chi connectivity index (χ0) is 16.1. The van der Waals surface area contributed by atoms with Gasteiger partial charge in [-0.15, -0.1) is 0 Å². The molecule has 0 radical (unpaired) electrons. The van der Waals surface area contributed by atoms with Crippen molar-refractivity contribution in [1.82, 2.24) is 4.90 Å². The Morgan fingerprint density at radius 2 is 1.68 bits per heavy atom. The molecule has 1 unspecified atom stereocenters. The van der Waals surface area contributed by atoms with Gasteiger partial charge in [-0.2, -0.15) is 0 Å². The summed E-state index contributed by atoms with van der Waals surface area (Å²) < 4.78 is 0. The molecule has 1 atom stereocenters. The Labute approximate surface area is 130 Å². The molecule has 4 nitrogen and oxygen atoms in total. The van der Waals surface area contributed by atoms with Crippen LogP contribution in [0.4, 0.5) is 0 Å². The van der Waals surface area contributed by atoms with Gasteiger partial charge in [0.15, 0.2) is 0 Å². The van der Waals surface area contributed by atoms with Gasteiger partial charge in [0.1, 0.15) is 0 Å². The fourth-order valence-electron chi connectivity index (χ4n) is 2.76. The molecule has 0 aliphatic rings. The highest BCUT2D eigenvalue weighted by Gasteiger charge is 2.26. The first-order valence-electron chi connectivity index (χ1n) is 7.56. The van der Waals surface area contributed by atoms with Gasteiger partial charge in [0, 0.05) is 19.5 Å². The lowest BCUT2D eigenvalue weighted by molar-refractivity contribution is -0.142. The maximum Gasteiger partial charge on any atom is 0.311 e. The number of nitrogens with zero attached hydrogens (tertiary/aromatic N) is 1. The quantitative estimate of drug-likeness (QED) is 0.890. The third-order valence-electron chi connectivity index (χ3n) is 3.99. The van der Waals surface area contributed by atoms with Gasteiger partial charge in [0.2, 0.25) is 5.91 Å². The molecule has 116 valence electrons. The van der Waals surface area contributed by atoms with Crippen molar-refractivity contribution in [3.05, 3.63) is 48.0 Å².